The molecule has 2 aliphatic carbocycles. The Hall–Kier alpha value is -2.60. The molecule has 0 bridgehead atoms. The summed E-state index contributed by atoms with van der Waals surface area (Å²) in [5.41, 5.74) is 0.525. The SMILES string of the molecule is O=C(c1cccc(Cl)c1)N1c2nc(-c3ccco3)nn2C2(CCCCC2)[C@@H]2CCCC[C@@H]21. The number of fused-ring (bicyclic) bond motifs is 4. The van der Waals surface area contributed by atoms with Crippen molar-refractivity contribution < 1.29 is 9.21 Å². The molecule has 7 heteroatoms. The number of amides is 1. The molecular formula is C25H27ClN4O2. The Morgan fingerprint density at radius 3 is 2.69 bits per heavy atom. The van der Waals surface area contributed by atoms with Crippen molar-refractivity contribution in [3.8, 4) is 11.6 Å². The molecule has 6 nitrogen and oxygen atoms in total. The third kappa shape index (κ3) is 3.03. The van der Waals surface area contributed by atoms with Crippen LogP contribution >= 0.6 is 11.6 Å². The normalized spacial score (nSPS) is 24.2. The first-order valence-corrected chi connectivity index (χ1v) is 12.2. The fourth-order valence-electron chi connectivity index (χ4n) is 6.37. The summed E-state index contributed by atoms with van der Waals surface area (Å²) in [6.07, 6.45) is 12.0. The number of nitrogens with zero attached hydrogens (tertiary/aromatic N) is 4. The zero-order valence-electron chi connectivity index (χ0n) is 18.0. The standard InChI is InChI=1S/C25H27ClN4O2/c26-18-9-6-8-17(16-18)23(31)29-20-11-3-2-10-19(20)25(13-4-1-5-14-25)30-24(29)27-22(28-30)21-12-7-15-32-21/h6-9,12,15-16,19-20H,1-5,10-11,13-14H2/t19-,20+/m1/s1. The summed E-state index contributed by atoms with van der Waals surface area (Å²) < 4.78 is 7.74. The van der Waals surface area contributed by atoms with Crippen LogP contribution in [0.2, 0.25) is 5.02 Å². The first kappa shape index (κ1) is 20.0. The maximum absolute atomic E-state index is 13.9. The second kappa shape index (κ2) is 7.77. The molecule has 166 valence electrons. The number of hydrogen-bond donors (Lipinski definition) is 0. The molecule has 1 amide bonds. The first-order chi connectivity index (χ1) is 15.7. The summed E-state index contributed by atoms with van der Waals surface area (Å²) >= 11 is 6.24. The van der Waals surface area contributed by atoms with Gasteiger partial charge in [0.05, 0.1) is 11.8 Å². The average molecular weight is 451 g/mol. The quantitative estimate of drug-likeness (QED) is 0.475. The molecule has 2 fully saturated rings. The molecule has 6 rings (SSSR count). The maximum Gasteiger partial charge on any atom is 0.260 e. The molecule has 1 aromatic carbocycles. The number of aromatic nitrogens is 3. The predicted molar refractivity (Wildman–Crippen MR) is 123 cm³/mol. The van der Waals surface area contributed by atoms with Gasteiger partial charge < -0.3 is 4.42 Å². The van der Waals surface area contributed by atoms with E-state index in [2.05, 4.69) is 4.68 Å². The van der Waals surface area contributed by atoms with E-state index in [9.17, 15) is 4.79 Å². The van der Waals surface area contributed by atoms with Crippen LogP contribution in [0, 0.1) is 5.92 Å². The van der Waals surface area contributed by atoms with Crippen LogP contribution in [-0.2, 0) is 5.54 Å². The van der Waals surface area contributed by atoms with Crippen LogP contribution in [0.25, 0.3) is 11.6 Å². The zero-order chi connectivity index (χ0) is 21.7. The lowest BCUT2D eigenvalue weighted by Crippen LogP contribution is -2.61. The summed E-state index contributed by atoms with van der Waals surface area (Å²) in [5.74, 6) is 2.19. The van der Waals surface area contributed by atoms with Crippen molar-refractivity contribution in [3.63, 3.8) is 0 Å². The van der Waals surface area contributed by atoms with Gasteiger partial charge in [-0.05, 0) is 56.0 Å². The van der Waals surface area contributed by atoms with Gasteiger partial charge in [-0.2, -0.15) is 4.98 Å². The molecular weight excluding hydrogens is 424 g/mol. The Kier molecular flexibility index (Phi) is 4.86. The van der Waals surface area contributed by atoms with Crippen LogP contribution in [0.15, 0.2) is 47.1 Å². The van der Waals surface area contributed by atoms with Crippen molar-refractivity contribution in [2.24, 2.45) is 5.92 Å². The highest BCUT2D eigenvalue weighted by Gasteiger charge is 2.55. The number of rotatable bonds is 2. The fraction of sp³-hybridized carbons (Fsp3) is 0.480. The number of furan rings is 1. The van der Waals surface area contributed by atoms with E-state index in [0.29, 0.717) is 34.0 Å². The van der Waals surface area contributed by atoms with Gasteiger partial charge in [-0.15, -0.1) is 5.10 Å². The molecule has 0 N–H and O–H groups in total. The number of hydrogen-bond acceptors (Lipinski definition) is 4. The summed E-state index contributed by atoms with van der Waals surface area (Å²) in [6, 6.07) is 11.1. The molecule has 0 radical (unpaired) electrons. The number of halogens is 1. The number of benzene rings is 1. The molecule has 3 aromatic rings. The van der Waals surface area contributed by atoms with Crippen molar-refractivity contribution in [2.75, 3.05) is 4.90 Å². The summed E-state index contributed by atoms with van der Waals surface area (Å²) in [7, 11) is 0. The average Bonchev–Trinajstić information content (AvgIpc) is 3.51. The molecule has 2 aromatic heterocycles. The summed E-state index contributed by atoms with van der Waals surface area (Å²) in [4.78, 5) is 20.7. The van der Waals surface area contributed by atoms with Crippen molar-refractivity contribution >= 4 is 23.5 Å². The van der Waals surface area contributed by atoms with Crippen molar-refractivity contribution in [1.82, 2.24) is 14.8 Å². The smallest absolute Gasteiger partial charge is 0.260 e. The highest BCUT2D eigenvalue weighted by molar-refractivity contribution is 6.31. The topological polar surface area (TPSA) is 64.2 Å². The van der Waals surface area contributed by atoms with Crippen LogP contribution in [0.1, 0.15) is 68.1 Å². The van der Waals surface area contributed by atoms with E-state index < -0.39 is 0 Å². The molecule has 2 saturated carbocycles. The number of carbonyl (C=O) groups is 1. The molecule has 2 atom stereocenters. The van der Waals surface area contributed by atoms with Gasteiger partial charge in [0.2, 0.25) is 11.8 Å². The Morgan fingerprint density at radius 1 is 1.06 bits per heavy atom. The second-order valence-corrected chi connectivity index (χ2v) is 9.87. The van der Waals surface area contributed by atoms with E-state index in [4.69, 9.17) is 26.1 Å². The van der Waals surface area contributed by atoms with Gasteiger partial charge in [-0.1, -0.05) is 49.8 Å². The monoisotopic (exact) mass is 450 g/mol. The van der Waals surface area contributed by atoms with E-state index in [1.807, 2.05) is 29.2 Å². The van der Waals surface area contributed by atoms with Gasteiger partial charge in [0.25, 0.3) is 5.91 Å². The number of anilines is 1. The van der Waals surface area contributed by atoms with E-state index in [1.54, 1.807) is 18.4 Å². The lowest BCUT2D eigenvalue weighted by Gasteiger charge is -2.55. The van der Waals surface area contributed by atoms with Gasteiger partial charge in [0.1, 0.15) is 0 Å². The third-order valence-electron chi connectivity index (χ3n) is 7.73. The number of carbonyl (C=O) groups excluding carboxylic acids is 1. The predicted octanol–water partition coefficient (Wildman–Crippen LogP) is 6.07. The third-order valence-corrected chi connectivity index (χ3v) is 7.97. The molecule has 3 aliphatic rings. The summed E-state index contributed by atoms with van der Waals surface area (Å²) in [5, 5.41) is 5.56. The fourth-order valence-corrected chi connectivity index (χ4v) is 6.56. The minimum Gasteiger partial charge on any atom is -0.461 e. The van der Waals surface area contributed by atoms with Gasteiger partial charge in [0.15, 0.2) is 5.76 Å². The Balaban J connectivity index is 1.54. The van der Waals surface area contributed by atoms with Gasteiger partial charge in [0, 0.05) is 22.5 Å². The molecule has 1 aliphatic heterocycles. The van der Waals surface area contributed by atoms with Crippen LogP contribution in [0.3, 0.4) is 0 Å². The van der Waals surface area contributed by atoms with E-state index in [0.717, 1.165) is 32.1 Å². The molecule has 32 heavy (non-hydrogen) atoms. The molecule has 0 unspecified atom stereocenters. The minimum atomic E-state index is -0.0678. The lowest BCUT2D eigenvalue weighted by atomic mass is 9.64. The van der Waals surface area contributed by atoms with Crippen LogP contribution in [0.5, 0.6) is 0 Å². The maximum atomic E-state index is 13.9. The van der Waals surface area contributed by atoms with Crippen LogP contribution in [-0.4, -0.2) is 26.7 Å². The second-order valence-electron chi connectivity index (χ2n) is 9.43. The Labute approximate surface area is 192 Å². The van der Waals surface area contributed by atoms with Crippen molar-refractivity contribution in [1.29, 1.82) is 0 Å². The Bertz CT molecular complexity index is 1130. The van der Waals surface area contributed by atoms with Crippen LogP contribution < -0.4 is 4.90 Å². The molecule has 1 spiro atoms. The molecule has 0 saturated heterocycles. The van der Waals surface area contributed by atoms with Gasteiger partial charge in [-0.3, -0.25) is 9.69 Å². The lowest BCUT2D eigenvalue weighted by molar-refractivity contribution is 0.0314. The van der Waals surface area contributed by atoms with E-state index in [-0.39, 0.29) is 17.5 Å². The zero-order valence-corrected chi connectivity index (χ0v) is 18.8. The minimum absolute atomic E-state index is 0.0466. The summed E-state index contributed by atoms with van der Waals surface area (Å²) in [6.45, 7) is 0. The van der Waals surface area contributed by atoms with E-state index in [1.165, 1.54) is 25.7 Å². The first-order valence-electron chi connectivity index (χ1n) is 11.8. The highest BCUT2D eigenvalue weighted by atomic mass is 35.5. The van der Waals surface area contributed by atoms with E-state index >= 15 is 0 Å². The molecule has 3 heterocycles. The van der Waals surface area contributed by atoms with Crippen LogP contribution in [0.4, 0.5) is 5.95 Å². The largest absolute Gasteiger partial charge is 0.461 e. The Morgan fingerprint density at radius 2 is 1.91 bits per heavy atom. The highest BCUT2D eigenvalue weighted by Crippen LogP contribution is 2.53. The van der Waals surface area contributed by atoms with Gasteiger partial charge >= 0.3 is 0 Å². The van der Waals surface area contributed by atoms with Gasteiger partial charge in [-0.25, -0.2) is 4.68 Å². The van der Waals surface area contributed by atoms with Crippen molar-refractivity contribution in [2.45, 2.75) is 69.4 Å². The van der Waals surface area contributed by atoms with Crippen molar-refractivity contribution in [3.05, 3.63) is 53.2 Å².